The molecule has 2 rings (SSSR count). The molecule has 0 aliphatic carbocycles. The lowest BCUT2D eigenvalue weighted by Crippen LogP contribution is -1.94. The van der Waals surface area contributed by atoms with Crippen LogP contribution in [0.5, 0.6) is 0 Å². The molecule has 1 aromatic carbocycles. The minimum atomic E-state index is 0.600. The van der Waals surface area contributed by atoms with Gasteiger partial charge in [-0.2, -0.15) is 10.4 Å². The van der Waals surface area contributed by atoms with E-state index in [4.69, 9.17) is 5.26 Å². The monoisotopic (exact) mass is 290 g/mol. The van der Waals surface area contributed by atoms with Crippen LogP contribution in [0, 0.1) is 18.3 Å². The van der Waals surface area contributed by atoms with E-state index in [-0.39, 0.29) is 0 Å². The molecule has 86 valence electrons. The smallest absolute Gasteiger partial charge is 0.101 e. The molecule has 0 amide bonds. The van der Waals surface area contributed by atoms with Gasteiger partial charge in [0, 0.05) is 17.7 Å². The van der Waals surface area contributed by atoms with Crippen LogP contribution >= 0.6 is 15.9 Å². The number of hydrogen-bond donors (Lipinski definition) is 1. The zero-order valence-corrected chi connectivity index (χ0v) is 11.1. The molecule has 4 nitrogen and oxygen atoms in total. The van der Waals surface area contributed by atoms with E-state index in [0.29, 0.717) is 5.56 Å². The first-order valence-corrected chi connectivity index (χ1v) is 5.86. The van der Waals surface area contributed by atoms with Gasteiger partial charge in [-0.1, -0.05) is 15.9 Å². The van der Waals surface area contributed by atoms with E-state index in [9.17, 15) is 0 Å². The topological polar surface area (TPSA) is 53.6 Å². The summed E-state index contributed by atoms with van der Waals surface area (Å²) in [6.45, 7) is 1.92. The number of hydrogen-bond acceptors (Lipinski definition) is 3. The van der Waals surface area contributed by atoms with Gasteiger partial charge in [-0.25, -0.2) is 0 Å². The Morgan fingerprint density at radius 2 is 2.18 bits per heavy atom. The number of rotatable bonds is 2. The lowest BCUT2D eigenvalue weighted by atomic mass is 10.2. The van der Waals surface area contributed by atoms with Gasteiger partial charge in [-0.3, -0.25) is 4.68 Å². The van der Waals surface area contributed by atoms with Gasteiger partial charge in [-0.05, 0) is 25.1 Å². The van der Waals surface area contributed by atoms with E-state index < -0.39 is 0 Å². The quantitative estimate of drug-likeness (QED) is 0.925. The number of nitrogens with one attached hydrogen (secondary N) is 1. The van der Waals surface area contributed by atoms with E-state index in [2.05, 4.69) is 32.4 Å². The second-order valence-corrected chi connectivity index (χ2v) is 4.64. The molecule has 0 bridgehead atoms. The van der Waals surface area contributed by atoms with Crippen molar-refractivity contribution < 1.29 is 0 Å². The van der Waals surface area contributed by atoms with Crippen LogP contribution in [-0.4, -0.2) is 9.78 Å². The average molecular weight is 291 g/mol. The SMILES string of the molecule is Cc1nn(C)cc1Nc1ccc(Br)cc1C#N. The zero-order chi connectivity index (χ0) is 12.4. The van der Waals surface area contributed by atoms with Crippen molar-refractivity contribution in [3.8, 4) is 6.07 Å². The summed E-state index contributed by atoms with van der Waals surface area (Å²) in [7, 11) is 1.87. The van der Waals surface area contributed by atoms with E-state index >= 15 is 0 Å². The standard InChI is InChI=1S/C12H11BrN4/c1-8-12(7-17(2)16-8)15-11-4-3-10(13)5-9(11)6-14/h3-5,7,15H,1-2H3. The Morgan fingerprint density at radius 1 is 1.41 bits per heavy atom. The predicted molar refractivity (Wildman–Crippen MR) is 70.1 cm³/mol. The highest BCUT2D eigenvalue weighted by Gasteiger charge is 2.07. The molecule has 0 saturated heterocycles. The van der Waals surface area contributed by atoms with E-state index in [1.807, 2.05) is 32.3 Å². The van der Waals surface area contributed by atoms with Crippen molar-refractivity contribution in [2.75, 3.05) is 5.32 Å². The third-order valence-corrected chi connectivity index (χ3v) is 2.88. The maximum absolute atomic E-state index is 9.06. The molecular formula is C12H11BrN4. The van der Waals surface area contributed by atoms with Crippen LogP contribution in [0.25, 0.3) is 0 Å². The largest absolute Gasteiger partial charge is 0.352 e. The van der Waals surface area contributed by atoms with Gasteiger partial charge in [0.2, 0.25) is 0 Å². The minimum Gasteiger partial charge on any atom is -0.352 e. The summed E-state index contributed by atoms with van der Waals surface area (Å²) in [5, 5.41) is 16.5. The lowest BCUT2D eigenvalue weighted by molar-refractivity contribution is 0.756. The third kappa shape index (κ3) is 2.48. The second kappa shape index (κ2) is 4.60. The van der Waals surface area contributed by atoms with Gasteiger partial charge < -0.3 is 5.32 Å². The summed E-state index contributed by atoms with van der Waals surface area (Å²) in [5.41, 5.74) is 3.19. The fraction of sp³-hybridized carbons (Fsp3) is 0.167. The van der Waals surface area contributed by atoms with Crippen molar-refractivity contribution in [2.24, 2.45) is 7.05 Å². The number of anilines is 2. The molecule has 0 saturated carbocycles. The predicted octanol–water partition coefficient (Wildman–Crippen LogP) is 3.11. The summed E-state index contributed by atoms with van der Waals surface area (Å²) in [6.07, 6.45) is 1.89. The van der Waals surface area contributed by atoms with Crippen LogP contribution < -0.4 is 5.32 Å². The molecule has 0 unspecified atom stereocenters. The summed E-state index contributed by atoms with van der Waals surface area (Å²) < 4.78 is 2.63. The van der Waals surface area contributed by atoms with Gasteiger partial charge in [0.05, 0.1) is 22.6 Å². The van der Waals surface area contributed by atoms with Crippen LogP contribution in [0.2, 0.25) is 0 Å². The lowest BCUT2D eigenvalue weighted by Gasteiger charge is -2.06. The van der Waals surface area contributed by atoms with Crippen molar-refractivity contribution in [3.05, 3.63) is 40.1 Å². The normalized spacial score (nSPS) is 10.0. The molecule has 0 fully saturated rings. The molecule has 1 heterocycles. The number of nitrogens with zero attached hydrogens (tertiary/aromatic N) is 3. The first-order valence-electron chi connectivity index (χ1n) is 5.07. The van der Waals surface area contributed by atoms with Crippen molar-refractivity contribution in [2.45, 2.75) is 6.92 Å². The first kappa shape index (κ1) is 11.7. The van der Waals surface area contributed by atoms with Gasteiger partial charge in [0.1, 0.15) is 6.07 Å². The third-order valence-electron chi connectivity index (χ3n) is 2.38. The summed E-state index contributed by atoms with van der Waals surface area (Å²) in [5.74, 6) is 0. The van der Waals surface area contributed by atoms with Gasteiger partial charge >= 0.3 is 0 Å². The van der Waals surface area contributed by atoms with Crippen LogP contribution in [0.1, 0.15) is 11.3 Å². The van der Waals surface area contributed by atoms with Crippen LogP contribution in [-0.2, 0) is 7.05 Å². The average Bonchev–Trinajstić information content (AvgIpc) is 2.60. The molecule has 0 atom stereocenters. The maximum Gasteiger partial charge on any atom is 0.101 e. The zero-order valence-electron chi connectivity index (χ0n) is 9.53. The maximum atomic E-state index is 9.06. The van der Waals surface area contributed by atoms with Gasteiger partial charge in [0.15, 0.2) is 0 Å². The Labute approximate surface area is 108 Å². The van der Waals surface area contributed by atoms with E-state index in [0.717, 1.165) is 21.5 Å². The molecule has 17 heavy (non-hydrogen) atoms. The number of aryl methyl sites for hydroxylation is 2. The Kier molecular flexibility index (Phi) is 3.16. The van der Waals surface area contributed by atoms with Gasteiger partial charge in [-0.15, -0.1) is 0 Å². The highest BCUT2D eigenvalue weighted by molar-refractivity contribution is 9.10. The first-order chi connectivity index (χ1) is 8.10. The number of halogens is 1. The molecule has 0 aliphatic heterocycles. The number of benzene rings is 1. The van der Waals surface area contributed by atoms with Crippen molar-refractivity contribution in [1.29, 1.82) is 5.26 Å². The van der Waals surface area contributed by atoms with Crippen molar-refractivity contribution in [1.82, 2.24) is 9.78 Å². The summed E-state index contributed by atoms with van der Waals surface area (Å²) in [4.78, 5) is 0. The fourth-order valence-corrected chi connectivity index (χ4v) is 1.95. The van der Waals surface area contributed by atoms with E-state index in [1.54, 1.807) is 10.7 Å². The highest BCUT2D eigenvalue weighted by atomic mass is 79.9. The van der Waals surface area contributed by atoms with Crippen molar-refractivity contribution in [3.63, 3.8) is 0 Å². The number of aromatic nitrogens is 2. The van der Waals surface area contributed by atoms with Crippen LogP contribution in [0.4, 0.5) is 11.4 Å². The second-order valence-electron chi connectivity index (χ2n) is 3.73. The fourth-order valence-electron chi connectivity index (χ4n) is 1.59. The van der Waals surface area contributed by atoms with Crippen LogP contribution in [0.15, 0.2) is 28.9 Å². The molecular weight excluding hydrogens is 280 g/mol. The Hall–Kier alpha value is -1.80. The van der Waals surface area contributed by atoms with E-state index in [1.165, 1.54) is 0 Å². The Morgan fingerprint density at radius 3 is 2.76 bits per heavy atom. The molecule has 2 aromatic rings. The van der Waals surface area contributed by atoms with Gasteiger partial charge in [0.25, 0.3) is 0 Å². The van der Waals surface area contributed by atoms with Crippen LogP contribution in [0.3, 0.4) is 0 Å². The Balaban J connectivity index is 2.37. The molecule has 5 heteroatoms. The molecule has 1 aromatic heterocycles. The molecule has 0 radical (unpaired) electrons. The summed E-state index contributed by atoms with van der Waals surface area (Å²) in [6, 6.07) is 7.72. The Bertz CT molecular complexity index is 595. The van der Waals surface area contributed by atoms with Crippen molar-refractivity contribution >= 4 is 27.3 Å². The molecule has 0 spiro atoms. The minimum absolute atomic E-state index is 0.600. The molecule has 0 aliphatic rings. The highest BCUT2D eigenvalue weighted by Crippen LogP contribution is 2.25. The molecule has 1 N–H and O–H groups in total. The summed E-state index contributed by atoms with van der Waals surface area (Å²) >= 11 is 3.35. The number of nitriles is 1.